The molecule has 0 aliphatic rings. The molecule has 3 amide bonds. The van der Waals surface area contributed by atoms with Crippen LogP contribution in [-0.2, 0) is 4.74 Å². The summed E-state index contributed by atoms with van der Waals surface area (Å²) in [4.78, 5) is 22.4. The van der Waals surface area contributed by atoms with Crippen molar-refractivity contribution in [2.24, 2.45) is 0 Å². The average Bonchev–Trinajstić information content (AvgIpc) is 3.14. The lowest BCUT2D eigenvalue weighted by Crippen LogP contribution is -2.71. The maximum absolute atomic E-state index is 13.5. The quantitative estimate of drug-likeness (QED) is 0.0852. The number of anilines is 2. The normalized spacial score (nSPS) is 14.2. The van der Waals surface area contributed by atoms with Crippen LogP contribution in [0.2, 0.25) is 0 Å². The fourth-order valence-corrected chi connectivity index (χ4v) is 3.53. The zero-order chi connectivity index (χ0) is 49.0. The van der Waals surface area contributed by atoms with Crippen molar-refractivity contribution in [2.75, 3.05) is 24.0 Å². The molecule has 0 aliphatic heterocycles. The minimum atomic E-state index is -8.01. The van der Waals surface area contributed by atoms with E-state index in [1.165, 1.54) is 66.1 Å². The summed E-state index contributed by atoms with van der Waals surface area (Å²) >= 11 is 0. The third kappa shape index (κ3) is 10.5. The van der Waals surface area contributed by atoms with Crippen LogP contribution in [0.15, 0.2) is 60.7 Å². The van der Waals surface area contributed by atoms with Gasteiger partial charge in [-0.05, 0) is 24.3 Å². The summed E-state index contributed by atoms with van der Waals surface area (Å²) < 4.78 is 339. The second-order valence-electron chi connectivity index (χ2n) is 11.5. The molecule has 34 heteroatoms. The number of alkyl halides is 26. The number of hydrogen-bond donors (Lipinski definition) is 5. The number of rotatable bonds is 16. The van der Waals surface area contributed by atoms with Crippen molar-refractivity contribution < 1.29 is 128 Å². The number of ether oxygens (including phenoxy) is 1. The Hall–Kier alpha value is -5.24. The zero-order valence-corrected chi connectivity index (χ0v) is 28.7. The third-order valence-corrected chi connectivity index (χ3v) is 7.03. The van der Waals surface area contributed by atoms with E-state index in [2.05, 4.69) is 4.74 Å². The van der Waals surface area contributed by atoms with E-state index < -0.39 is 96.9 Å². The second kappa shape index (κ2) is 17.9. The number of hydrogen-bond acceptors (Lipinski definition) is 5. The minimum Gasteiger partial charge on any atom is -0.442 e. The van der Waals surface area contributed by atoms with E-state index in [9.17, 15) is 124 Å². The molecule has 0 unspecified atom stereocenters. The van der Waals surface area contributed by atoms with E-state index in [1.807, 2.05) is 10.9 Å². The van der Waals surface area contributed by atoms with Crippen LogP contribution in [0.1, 0.15) is 0 Å². The van der Waals surface area contributed by atoms with E-state index >= 15 is 0 Å². The lowest BCUT2D eigenvalue weighted by Gasteiger charge is -2.39. The van der Waals surface area contributed by atoms with Gasteiger partial charge in [0, 0.05) is 0 Å². The van der Waals surface area contributed by atoms with Gasteiger partial charge in [-0.3, -0.25) is 16.3 Å². The molecule has 8 nitrogen and oxygen atoms in total. The summed E-state index contributed by atoms with van der Waals surface area (Å²) in [6.45, 7) is -5.93. The van der Waals surface area contributed by atoms with Crippen LogP contribution in [0, 0.1) is 0 Å². The van der Waals surface area contributed by atoms with E-state index in [4.69, 9.17) is 0 Å². The van der Waals surface area contributed by atoms with Gasteiger partial charge >= 0.3 is 83.7 Å². The number of carbonyl (C=O) groups is 2. The van der Waals surface area contributed by atoms with Gasteiger partial charge in [0.1, 0.15) is 0 Å². The van der Waals surface area contributed by atoms with Crippen molar-refractivity contribution in [3.63, 3.8) is 0 Å². The molecule has 0 bridgehead atoms. The molecule has 2 aromatic rings. The van der Waals surface area contributed by atoms with Crippen LogP contribution in [-0.4, -0.2) is 96.9 Å². The maximum atomic E-state index is 13.5. The number of amides is 3. The molecule has 0 heterocycles. The topological polar surface area (TPSA) is 104 Å². The van der Waals surface area contributed by atoms with Gasteiger partial charge in [-0.1, -0.05) is 36.4 Å². The number of hydrazine groups is 2. The fourth-order valence-electron chi connectivity index (χ4n) is 3.53. The number of benzene rings is 2. The van der Waals surface area contributed by atoms with Gasteiger partial charge < -0.3 is 10.1 Å². The van der Waals surface area contributed by atoms with Crippen molar-refractivity contribution >= 4 is 23.5 Å². The van der Waals surface area contributed by atoms with Gasteiger partial charge in [0.2, 0.25) is 0 Å². The minimum absolute atomic E-state index is 0.0668. The van der Waals surface area contributed by atoms with Crippen LogP contribution in [0.25, 0.3) is 0 Å². The summed E-state index contributed by atoms with van der Waals surface area (Å²) in [5, 5.41) is 0.861. The maximum Gasteiger partial charge on any atom is 0.460 e. The first-order chi connectivity index (χ1) is 27.4. The van der Waals surface area contributed by atoms with Crippen LogP contribution < -0.4 is 27.0 Å². The van der Waals surface area contributed by atoms with Crippen molar-refractivity contribution in [1.82, 2.24) is 16.2 Å². The zero-order valence-electron chi connectivity index (χ0n) is 28.7. The third-order valence-electron chi connectivity index (χ3n) is 7.03. The molecule has 5 N–H and O–H groups in total. The lowest BCUT2D eigenvalue weighted by atomic mass is 9.94. The number of nitrogens with one attached hydrogen (secondary N) is 5. The van der Waals surface area contributed by atoms with Crippen LogP contribution >= 0.6 is 0 Å². The number of para-hydroxylation sites is 2. The van der Waals surface area contributed by atoms with Gasteiger partial charge in [-0.15, -0.1) is 0 Å². The molecular formula is C28H19F26N5O3. The molecule has 2 aromatic carbocycles. The Balaban J connectivity index is 0.000000620. The number of carbonyl (C=O) groups excluding carboxylic acids is 2. The number of halogens is 26. The molecule has 2 rings (SSSR count). The first-order valence-electron chi connectivity index (χ1n) is 14.9. The molecule has 0 aliphatic carbocycles. The van der Waals surface area contributed by atoms with Crippen LogP contribution in [0.4, 0.5) is 135 Å². The first kappa shape index (κ1) is 54.8. The van der Waals surface area contributed by atoms with E-state index in [-0.39, 0.29) is 11.4 Å². The molecular weight excluding hydrogens is 948 g/mol. The average molecular weight is 967 g/mol. The Bertz CT molecular complexity index is 1660. The Labute approximate surface area is 325 Å². The predicted octanol–water partition coefficient (Wildman–Crippen LogP) is 10.5. The van der Waals surface area contributed by atoms with E-state index in [0.717, 1.165) is 5.32 Å². The standard InChI is InChI=1S/C14H10F13N3O.C14H9F13N2O2/c15-9(16,6-28-8(31)30-29-7-4-2-1-3-5-7)10(17,18)11(19,20)12(21,22)13(23,24)14(25,26)27;15-9(16,6-31-8(30)29-28-7-4-2-1-3-5-7)10(17,18)11(19,20)12(21,22)13(23,24)14(25,26)27/h1-5,29H,6H2,(H2,28,30,31);1-5,28H,6H2,(H,29,30). The van der Waals surface area contributed by atoms with Crippen molar-refractivity contribution in [1.29, 1.82) is 0 Å². The van der Waals surface area contributed by atoms with Crippen molar-refractivity contribution in [3.8, 4) is 0 Å². The van der Waals surface area contributed by atoms with E-state index in [1.54, 1.807) is 5.43 Å². The fraction of sp³-hybridized carbons (Fsp3) is 0.500. The highest BCUT2D eigenvalue weighted by atomic mass is 19.4. The number of urea groups is 1. The van der Waals surface area contributed by atoms with E-state index in [0.29, 0.717) is 0 Å². The van der Waals surface area contributed by atoms with Crippen LogP contribution in [0.3, 0.4) is 0 Å². The molecule has 356 valence electrons. The van der Waals surface area contributed by atoms with Gasteiger partial charge in [0.05, 0.1) is 17.9 Å². The molecule has 0 aromatic heterocycles. The van der Waals surface area contributed by atoms with Crippen LogP contribution in [0.5, 0.6) is 0 Å². The molecule has 0 fully saturated rings. The molecule has 0 atom stereocenters. The summed E-state index contributed by atoms with van der Waals surface area (Å²) in [5.41, 5.74) is 7.15. The Morgan fingerprint density at radius 1 is 0.403 bits per heavy atom. The van der Waals surface area contributed by atoms with Gasteiger partial charge in [-0.2, -0.15) is 114 Å². The Morgan fingerprint density at radius 2 is 0.710 bits per heavy atom. The smallest absolute Gasteiger partial charge is 0.442 e. The molecule has 62 heavy (non-hydrogen) atoms. The molecule has 0 saturated heterocycles. The predicted molar refractivity (Wildman–Crippen MR) is 153 cm³/mol. The monoisotopic (exact) mass is 967 g/mol. The molecule has 0 radical (unpaired) electrons. The Morgan fingerprint density at radius 3 is 1.05 bits per heavy atom. The summed E-state index contributed by atoms with van der Waals surface area (Å²) in [6.07, 6.45) is -17.0. The van der Waals surface area contributed by atoms with Gasteiger partial charge in [0.15, 0.2) is 6.61 Å². The lowest BCUT2D eigenvalue weighted by molar-refractivity contribution is -0.440. The summed E-state index contributed by atoms with van der Waals surface area (Å²) in [5.74, 6) is -75.3. The van der Waals surface area contributed by atoms with Gasteiger partial charge in [0.25, 0.3) is 0 Å². The first-order valence-corrected chi connectivity index (χ1v) is 14.9. The molecule has 0 spiro atoms. The molecule has 0 saturated carbocycles. The van der Waals surface area contributed by atoms with Crippen molar-refractivity contribution in [2.45, 2.75) is 71.6 Å². The SMILES string of the molecule is O=C(NCC(F)(F)C(F)(F)C(F)(F)C(F)(F)C(F)(F)C(F)(F)F)NNc1ccccc1.O=C(NNc1ccccc1)OCC(F)(F)C(F)(F)C(F)(F)C(F)(F)C(F)(F)C(F)(F)F. The van der Waals surface area contributed by atoms with Crippen molar-refractivity contribution in [3.05, 3.63) is 60.7 Å². The highest BCUT2D eigenvalue weighted by Gasteiger charge is 2.92. The van der Waals surface area contributed by atoms with Gasteiger partial charge in [-0.25, -0.2) is 15.0 Å². The second-order valence-corrected chi connectivity index (χ2v) is 11.5. The largest absolute Gasteiger partial charge is 0.460 e. The summed E-state index contributed by atoms with van der Waals surface area (Å²) in [6, 6.07) is 11.9. The summed E-state index contributed by atoms with van der Waals surface area (Å²) in [7, 11) is 0. The Kier molecular flexibility index (Phi) is 15.8. The highest BCUT2D eigenvalue weighted by molar-refractivity contribution is 5.75. The highest BCUT2D eigenvalue weighted by Crippen LogP contribution is 2.61.